The Morgan fingerprint density at radius 2 is 1.44 bits per heavy atom. The Morgan fingerprint density at radius 1 is 0.820 bits per heavy atom. The second kappa shape index (κ2) is 16.1. The predicted octanol–water partition coefficient (Wildman–Crippen LogP) is 10.3. The van der Waals surface area contributed by atoms with Crippen LogP contribution in [0, 0.1) is 46.3 Å². The standard InChI is InChI=1S/C43H62O6Si/c1-31(17-20-40(44)48-30-46-28-33-15-11-8-12-16-33)36-18-19-37-41-38(22-24-43(36,37)3)42(2)23-21-35(25-34(42)26-39(41)49-50(4,5)6)47-29-45-27-32-13-9-7-10-14-32/h7-16,26,31,34-38,41H,17-25,27-30H2,1-6H3/t31-,34+,35-,36-,37+,38+,41+,42+,43-/m1/s1. The molecular formula is C43H62O6Si. The monoisotopic (exact) mass is 702 g/mol. The number of rotatable bonds is 15. The van der Waals surface area contributed by atoms with Crippen molar-refractivity contribution in [2.45, 2.75) is 118 Å². The third-order valence-corrected chi connectivity index (χ3v) is 13.9. The number of esters is 1. The molecule has 0 unspecified atom stereocenters. The fourth-order valence-electron chi connectivity index (χ4n) is 10.6. The second-order valence-electron chi connectivity index (χ2n) is 17.4. The number of carbonyl (C=O) groups is 1. The first-order valence-electron chi connectivity index (χ1n) is 19.4. The first-order chi connectivity index (χ1) is 24.0. The van der Waals surface area contributed by atoms with Gasteiger partial charge in [-0.15, -0.1) is 0 Å². The molecule has 50 heavy (non-hydrogen) atoms. The zero-order valence-corrected chi connectivity index (χ0v) is 32.5. The quantitative estimate of drug-likeness (QED) is 0.0797. The summed E-state index contributed by atoms with van der Waals surface area (Å²) < 4.78 is 30.4. The molecule has 0 aliphatic heterocycles. The normalized spacial score (nSPS) is 32.6. The Morgan fingerprint density at radius 3 is 2.10 bits per heavy atom. The summed E-state index contributed by atoms with van der Waals surface area (Å²) in [6, 6.07) is 20.3. The molecular weight excluding hydrogens is 641 g/mol. The van der Waals surface area contributed by atoms with Crippen LogP contribution in [0.1, 0.15) is 89.7 Å². The summed E-state index contributed by atoms with van der Waals surface area (Å²) in [5.41, 5.74) is 2.77. The summed E-state index contributed by atoms with van der Waals surface area (Å²) in [5.74, 6) is 4.42. The number of carbonyl (C=O) groups excluding carboxylic acids is 1. The Bertz CT molecular complexity index is 1420. The lowest BCUT2D eigenvalue weighted by atomic mass is 9.45. The molecule has 4 aliphatic carbocycles. The van der Waals surface area contributed by atoms with Gasteiger partial charge in [0.2, 0.25) is 8.32 Å². The molecule has 274 valence electrons. The van der Waals surface area contributed by atoms with Crippen LogP contribution in [0.4, 0.5) is 0 Å². The maximum Gasteiger partial charge on any atom is 0.307 e. The maximum absolute atomic E-state index is 12.7. The smallest absolute Gasteiger partial charge is 0.307 e. The van der Waals surface area contributed by atoms with Crippen LogP contribution in [0.2, 0.25) is 19.6 Å². The van der Waals surface area contributed by atoms with Gasteiger partial charge in [-0.05, 0) is 129 Å². The van der Waals surface area contributed by atoms with Gasteiger partial charge in [-0.3, -0.25) is 4.79 Å². The van der Waals surface area contributed by atoms with E-state index in [0.717, 1.165) is 24.8 Å². The highest BCUT2D eigenvalue weighted by Gasteiger charge is 2.62. The van der Waals surface area contributed by atoms with Crippen LogP contribution < -0.4 is 0 Å². The number of hydrogen-bond acceptors (Lipinski definition) is 6. The van der Waals surface area contributed by atoms with Crippen LogP contribution in [0.15, 0.2) is 72.5 Å². The lowest BCUT2D eigenvalue weighted by molar-refractivity contribution is -0.157. The van der Waals surface area contributed by atoms with Gasteiger partial charge in [0.1, 0.15) is 6.79 Å². The van der Waals surface area contributed by atoms with Crippen molar-refractivity contribution >= 4 is 14.3 Å². The van der Waals surface area contributed by atoms with Crippen LogP contribution in [0.5, 0.6) is 0 Å². The van der Waals surface area contributed by atoms with Gasteiger partial charge in [0.15, 0.2) is 6.79 Å². The molecule has 0 aromatic heterocycles. The second-order valence-corrected chi connectivity index (χ2v) is 21.8. The van der Waals surface area contributed by atoms with Gasteiger partial charge >= 0.3 is 5.97 Å². The van der Waals surface area contributed by atoms with E-state index < -0.39 is 8.32 Å². The summed E-state index contributed by atoms with van der Waals surface area (Å²) in [4.78, 5) is 12.7. The summed E-state index contributed by atoms with van der Waals surface area (Å²) >= 11 is 0. The molecule has 0 amide bonds. The van der Waals surface area contributed by atoms with E-state index in [1.54, 1.807) is 0 Å². The summed E-state index contributed by atoms with van der Waals surface area (Å²) in [5, 5.41) is 0. The zero-order chi connectivity index (χ0) is 35.4. The van der Waals surface area contributed by atoms with Crippen molar-refractivity contribution < 1.29 is 28.2 Å². The third kappa shape index (κ3) is 8.60. The molecule has 0 spiro atoms. The van der Waals surface area contributed by atoms with Crippen molar-refractivity contribution in [3.8, 4) is 0 Å². The van der Waals surface area contributed by atoms with Gasteiger partial charge < -0.3 is 23.4 Å². The first kappa shape index (κ1) is 37.3. The number of hydrogen-bond donors (Lipinski definition) is 0. The van der Waals surface area contributed by atoms with Gasteiger partial charge in [-0.1, -0.05) is 81.4 Å². The summed E-state index contributed by atoms with van der Waals surface area (Å²) in [6.45, 7) is 15.9. The molecule has 2 aromatic rings. The van der Waals surface area contributed by atoms with E-state index in [1.165, 1.54) is 43.4 Å². The summed E-state index contributed by atoms with van der Waals surface area (Å²) in [6.07, 6.45) is 12.5. The van der Waals surface area contributed by atoms with Crippen LogP contribution in [-0.2, 0) is 41.4 Å². The van der Waals surface area contributed by atoms with Crippen molar-refractivity contribution in [1.82, 2.24) is 0 Å². The highest BCUT2D eigenvalue weighted by Crippen LogP contribution is 2.68. The average molecular weight is 703 g/mol. The Hall–Kier alpha value is -2.45. The van der Waals surface area contributed by atoms with Gasteiger partial charge in [0, 0.05) is 12.3 Å². The van der Waals surface area contributed by atoms with Crippen molar-refractivity contribution in [1.29, 1.82) is 0 Å². The molecule has 2 aromatic carbocycles. The predicted molar refractivity (Wildman–Crippen MR) is 200 cm³/mol. The molecule has 6 nitrogen and oxygen atoms in total. The Labute approximate surface area is 302 Å². The van der Waals surface area contributed by atoms with E-state index in [-0.39, 0.29) is 29.7 Å². The fraction of sp³-hybridized carbons (Fsp3) is 0.651. The van der Waals surface area contributed by atoms with E-state index in [4.69, 9.17) is 23.4 Å². The van der Waals surface area contributed by atoms with Crippen LogP contribution >= 0.6 is 0 Å². The van der Waals surface area contributed by atoms with Crippen LogP contribution in [0.25, 0.3) is 0 Å². The van der Waals surface area contributed by atoms with Crippen molar-refractivity contribution in [2.24, 2.45) is 46.3 Å². The van der Waals surface area contributed by atoms with Crippen LogP contribution in [-0.4, -0.2) is 34.0 Å². The number of benzene rings is 2. The van der Waals surface area contributed by atoms with Gasteiger partial charge in [-0.25, -0.2) is 0 Å². The highest BCUT2D eigenvalue weighted by molar-refractivity contribution is 6.70. The zero-order valence-electron chi connectivity index (χ0n) is 31.5. The molecule has 9 atom stereocenters. The Kier molecular flexibility index (Phi) is 12.0. The van der Waals surface area contributed by atoms with E-state index in [1.807, 2.05) is 36.4 Å². The van der Waals surface area contributed by atoms with Gasteiger partial charge in [-0.2, -0.15) is 0 Å². The van der Waals surface area contributed by atoms with Crippen LogP contribution in [0.3, 0.4) is 0 Å². The molecule has 0 radical (unpaired) electrons. The average Bonchev–Trinajstić information content (AvgIpc) is 3.45. The van der Waals surface area contributed by atoms with Gasteiger partial charge in [0.05, 0.1) is 25.1 Å². The van der Waals surface area contributed by atoms with E-state index in [2.05, 4.69) is 70.8 Å². The molecule has 0 N–H and O–H groups in total. The molecule has 0 bridgehead atoms. The number of fused-ring (bicyclic) bond motifs is 5. The number of allylic oxidation sites excluding steroid dienone is 2. The fourth-order valence-corrected chi connectivity index (χ4v) is 11.5. The lowest BCUT2D eigenvalue weighted by Crippen LogP contribution is -2.55. The highest BCUT2D eigenvalue weighted by atomic mass is 28.4. The molecule has 7 heteroatoms. The van der Waals surface area contributed by atoms with Gasteiger partial charge in [0.25, 0.3) is 0 Å². The topological polar surface area (TPSA) is 63.2 Å². The first-order valence-corrected chi connectivity index (χ1v) is 22.8. The molecule has 3 fully saturated rings. The molecule has 0 heterocycles. The molecule has 4 aliphatic rings. The van der Waals surface area contributed by atoms with Crippen molar-refractivity contribution in [3.63, 3.8) is 0 Å². The minimum absolute atomic E-state index is 0.00919. The van der Waals surface area contributed by atoms with E-state index in [9.17, 15) is 4.79 Å². The van der Waals surface area contributed by atoms with E-state index >= 15 is 0 Å². The SMILES string of the molecule is C[C@H](CCC(=O)OCOCc1ccccc1)[C@H]1CC[C@H]2[C@@H]3C(O[Si](C)(C)C)=C[C@@H]4C[C@H](OCOCc5ccccc5)CC[C@]4(C)[C@H]3CC[C@]12C. The lowest BCUT2D eigenvalue weighted by Gasteiger charge is -2.60. The van der Waals surface area contributed by atoms with Crippen molar-refractivity contribution in [2.75, 3.05) is 13.6 Å². The maximum atomic E-state index is 12.7. The largest absolute Gasteiger partial charge is 0.547 e. The molecule has 6 rings (SSSR count). The third-order valence-electron chi connectivity index (χ3n) is 13.1. The molecule has 3 saturated carbocycles. The summed E-state index contributed by atoms with van der Waals surface area (Å²) in [7, 11) is -1.82. The van der Waals surface area contributed by atoms with Crippen molar-refractivity contribution in [3.05, 3.63) is 83.6 Å². The van der Waals surface area contributed by atoms with E-state index in [0.29, 0.717) is 61.9 Å². The Balaban J connectivity index is 1.07. The minimum atomic E-state index is -1.82. The molecule has 0 saturated heterocycles. The minimum Gasteiger partial charge on any atom is -0.547 e. The number of ether oxygens (including phenoxy) is 4.